The zero-order valence-corrected chi connectivity index (χ0v) is 13.4. The lowest BCUT2D eigenvalue weighted by Gasteiger charge is -2.60. The van der Waals surface area contributed by atoms with Crippen molar-refractivity contribution >= 4 is 21.6 Å². The van der Waals surface area contributed by atoms with Crippen molar-refractivity contribution in [1.82, 2.24) is 0 Å². The lowest BCUT2D eigenvalue weighted by molar-refractivity contribution is -0.177. The van der Waals surface area contributed by atoms with E-state index in [0.717, 1.165) is 23.2 Å². The fourth-order valence-electron chi connectivity index (χ4n) is 3.72. The largest absolute Gasteiger partial charge is 0.380 e. The molecular weight excluding hydrogens is 316 g/mol. The number of fused-ring (bicyclic) bond motifs is 1. The molecule has 106 valence electrons. The monoisotopic (exact) mass is 334 g/mol. The molecule has 3 unspecified atom stereocenters. The number of nitrogens with zero attached hydrogens (tertiary/aromatic N) is 1. The SMILES string of the molecule is CC1(C)C(Nc2cc(Br)ccc2C#N)C2CCCOC21. The van der Waals surface area contributed by atoms with Crippen molar-refractivity contribution in [1.29, 1.82) is 5.26 Å². The van der Waals surface area contributed by atoms with E-state index in [2.05, 4.69) is 41.2 Å². The van der Waals surface area contributed by atoms with Gasteiger partial charge in [-0.1, -0.05) is 29.8 Å². The van der Waals surface area contributed by atoms with E-state index in [1.165, 1.54) is 6.42 Å². The van der Waals surface area contributed by atoms with Crippen molar-refractivity contribution < 1.29 is 4.74 Å². The van der Waals surface area contributed by atoms with Crippen LogP contribution in [0.2, 0.25) is 0 Å². The minimum Gasteiger partial charge on any atom is -0.380 e. The van der Waals surface area contributed by atoms with Gasteiger partial charge in [0.05, 0.1) is 17.4 Å². The molecule has 1 saturated carbocycles. The highest BCUT2D eigenvalue weighted by Gasteiger charge is 2.57. The Balaban J connectivity index is 1.84. The zero-order chi connectivity index (χ0) is 14.3. The summed E-state index contributed by atoms with van der Waals surface area (Å²) in [7, 11) is 0. The summed E-state index contributed by atoms with van der Waals surface area (Å²) in [6.45, 7) is 5.39. The van der Waals surface area contributed by atoms with Crippen LogP contribution in [0.1, 0.15) is 32.3 Å². The lowest BCUT2D eigenvalue weighted by atomic mass is 9.55. The number of benzene rings is 1. The highest BCUT2D eigenvalue weighted by atomic mass is 79.9. The molecule has 2 aliphatic rings. The third-order valence-corrected chi connectivity index (χ3v) is 5.24. The van der Waals surface area contributed by atoms with Crippen molar-refractivity contribution in [2.45, 2.75) is 38.8 Å². The van der Waals surface area contributed by atoms with Gasteiger partial charge >= 0.3 is 0 Å². The maximum absolute atomic E-state index is 9.25. The van der Waals surface area contributed by atoms with E-state index < -0.39 is 0 Å². The molecule has 1 aromatic rings. The average Bonchev–Trinajstić information content (AvgIpc) is 2.45. The third kappa shape index (κ3) is 2.13. The van der Waals surface area contributed by atoms with Gasteiger partial charge in [0.1, 0.15) is 6.07 Å². The minimum atomic E-state index is 0.111. The molecule has 1 saturated heterocycles. The molecule has 1 heterocycles. The number of halogens is 1. The van der Waals surface area contributed by atoms with Crippen LogP contribution >= 0.6 is 15.9 Å². The quantitative estimate of drug-likeness (QED) is 0.890. The van der Waals surface area contributed by atoms with Crippen LogP contribution in [0.4, 0.5) is 5.69 Å². The Hall–Kier alpha value is -1.05. The molecule has 0 spiro atoms. The van der Waals surface area contributed by atoms with Crippen LogP contribution in [0.15, 0.2) is 22.7 Å². The van der Waals surface area contributed by atoms with E-state index in [9.17, 15) is 5.26 Å². The smallest absolute Gasteiger partial charge is 0.101 e. The van der Waals surface area contributed by atoms with Gasteiger partial charge in [0.15, 0.2) is 0 Å². The lowest BCUT2D eigenvalue weighted by Crippen LogP contribution is -2.67. The number of nitriles is 1. The molecule has 1 aliphatic carbocycles. The first-order valence-corrected chi connectivity index (χ1v) is 7.91. The summed E-state index contributed by atoms with van der Waals surface area (Å²) >= 11 is 3.48. The van der Waals surface area contributed by atoms with Crippen LogP contribution < -0.4 is 5.32 Å². The second-order valence-corrected chi connectivity index (χ2v) is 7.26. The third-order valence-electron chi connectivity index (χ3n) is 4.74. The molecule has 20 heavy (non-hydrogen) atoms. The van der Waals surface area contributed by atoms with Gasteiger partial charge in [0, 0.05) is 28.5 Å². The number of rotatable bonds is 2. The fourth-order valence-corrected chi connectivity index (χ4v) is 4.08. The molecule has 4 heteroatoms. The van der Waals surface area contributed by atoms with E-state index in [1.54, 1.807) is 0 Å². The predicted molar refractivity (Wildman–Crippen MR) is 82.5 cm³/mol. The van der Waals surface area contributed by atoms with Crippen molar-refractivity contribution in [3.8, 4) is 6.07 Å². The van der Waals surface area contributed by atoms with Crippen LogP contribution in [-0.2, 0) is 4.74 Å². The highest BCUT2D eigenvalue weighted by Crippen LogP contribution is 2.52. The molecule has 1 N–H and O–H groups in total. The molecule has 3 nitrogen and oxygen atoms in total. The van der Waals surface area contributed by atoms with Crippen molar-refractivity contribution in [3.05, 3.63) is 28.2 Å². The molecule has 2 fully saturated rings. The number of nitrogens with one attached hydrogen (secondary N) is 1. The van der Waals surface area contributed by atoms with Gasteiger partial charge in [0.2, 0.25) is 0 Å². The molecule has 0 amide bonds. The Morgan fingerprint density at radius 2 is 2.25 bits per heavy atom. The van der Waals surface area contributed by atoms with Crippen LogP contribution in [0.3, 0.4) is 0 Å². The second kappa shape index (κ2) is 5.05. The fraction of sp³-hybridized carbons (Fsp3) is 0.562. The van der Waals surface area contributed by atoms with Gasteiger partial charge in [-0.2, -0.15) is 5.26 Å². The van der Waals surface area contributed by atoms with E-state index in [-0.39, 0.29) is 5.41 Å². The molecule has 1 aliphatic heterocycles. The molecule has 3 atom stereocenters. The number of hydrogen-bond donors (Lipinski definition) is 1. The number of hydrogen-bond acceptors (Lipinski definition) is 3. The standard InChI is InChI=1S/C16H19BrN2O/c1-16(2)14(12-4-3-7-20-15(12)16)19-13-8-11(17)6-5-10(13)9-18/h5-6,8,12,14-15,19H,3-4,7H2,1-2H3. The number of ether oxygens (including phenoxy) is 1. The highest BCUT2D eigenvalue weighted by molar-refractivity contribution is 9.10. The van der Waals surface area contributed by atoms with Gasteiger partial charge in [-0.15, -0.1) is 0 Å². The van der Waals surface area contributed by atoms with Gasteiger partial charge in [-0.3, -0.25) is 0 Å². The van der Waals surface area contributed by atoms with Gasteiger partial charge in [-0.05, 0) is 31.0 Å². The Morgan fingerprint density at radius 3 is 3.00 bits per heavy atom. The normalized spacial score (nSPS) is 30.8. The summed E-state index contributed by atoms with van der Waals surface area (Å²) in [5.74, 6) is 0.560. The topological polar surface area (TPSA) is 45.0 Å². The van der Waals surface area contributed by atoms with Crippen LogP contribution in [0, 0.1) is 22.7 Å². The molecular formula is C16H19BrN2O. The molecule has 3 rings (SSSR count). The predicted octanol–water partition coefficient (Wildman–Crippen LogP) is 3.94. The van der Waals surface area contributed by atoms with Crippen LogP contribution in [0.5, 0.6) is 0 Å². The van der Waals surface area contributed by atoms with Crippen molar-refractivity contribution in [2.75, 3.05) is 11.9 Å². The first-order valence-electron chi connectivity index (χ1n) is 7.12. The summed E-state index contributed by atoms with van der Waals surface area (Å²) in [5.41, 5.74) is 1.73. The number of anilines is 1. The zero-order valence-electron chi connectivity index (χ0n) is 11.8. The van der Waals surface area contributed by atoms with E-state index in [4.69, 9.17) is 4.74 Å². The average molecular weight is 335 g/mol. The van der Waals surface area contributed by atoms with Crippen LogP contribution in [0.25, 0.3) is 0 Å². The Kier molecular flexibility index (Phi) is 3.51. The minimum absolute atomic E-state index is 0.111. The molecule has 1 aromatic carbocycles. The summed E-state index contributed by atoms with van der Waals surface area (Å²) in [6, 6.07) is 8.38. The van der Waals surface area contributed by atoms with Gasteiger partial charge in [-0.25, -0.2) is 0 Å². The molecule has 0 aromatic heterocycles. The van der Waals surface area contributed by atoms with E-state index in [0.29, 0.717) is 23.6 Å². The van der Waals surface area contributed by atoms with Gasteiger partial charge in [0.25, 0.3) is 0 Å². The summed E-state index contributed by atoms with van der Waals surface area (Å²) < 4.78 is 6.92. The first-order chi connectivity index (χ1) is 9.54. The Bertz CT molecular complexity index is 564. The first kappa shape index (κ1) is 13.9. The maximum atomic E-state index is 9.25. The molecule has 0 bridgehead atoms. The Morgan fingerprint density at radius 1 is 1.45 bits per heavy atom. The van der Waals surface area contributed by atoms with E-state index >= 15 is 0 Å². The maximum Gasteiger partial charge on any atom is 0.101 e. The second-order valence-electron chi connectivity index (χ2n) is 6.34. The summed E-state index contributed by atoms with van der Waals surface area (Å²) in [4.78, 5) is 0. The van der Waals surface area contributed by atoms with Crippen LogP contribution in [-0.4, -0.2) is 18.8 Å². The summed E-state index contributed by atoms with van der Waals surface area (Å²) in [5, 5.41) is 12.8. The van der Waals surface area contributed by atoms with Gasteiger partial charge < -0.3 is 10.1 Å². The van der Waals surface area contributed by atoms with Crippen molar-refractivity contribution in [2.24, 2.45) is 11.3 Å². The summed E-state index contributed by atoms with van der Waals surface area (Å²) in [6.07, 6.45) is 2.70. The Labute approximate surface area is 128 Å². The molecule has 0 radical (unpaired) electrons. The van der Waals surface area contributed by atoms with E-state index in [1.807, 2.05) is 18.2 Å². The van der Waals surface area contributed by atoms with Crippen molar-refractivity contribution in [3.63, 3.8) is 0 Å².